The summed E-state index contributed by atoms with van der Waals surface area (Å²) in [5.41, 5.74) is 1.89. The molecule has 21 heavy (non-hydrogen) atoms. The Morgan fingerprint density at radius 2 is 1.90 bits per heavy atom. The molecule has 1 aromatic heterocycles. The zero-order valence-electron chi connectivity index (χ0n) is 10.9. The molecule has 0 spiro atoms. The fraction of sp³-hybridized carbons (Fsp3) is 0.0625. The lowest BCUT2D eigenvalue weighted by Crippen LogP contribution is -2.10. The van der Waals surface area contributed by atoms with Crippen LogP contribution in [0.3, 0.4) is 0 Å². The number of ether oxygens (including phenoxy) is 1. The largest absolute Gasteiger partial charge is 0.426 e. The Kier molecular flexibility index (Phi) is 3.86. The second-order valence-electron chi connectivity index (χ2n) is 4.59. The first-order chi connectivity index (χ1) is 10.1. The molecule has 0 radical (unpaired) electrons. The molecule has 1 heterocycles. The normalized spacial score (nSPS) is 10.8. The van der Waals surface area contributed by atoms with Gasteiger partial charge in [-0.3, -0.25) is 4.79 Å². The van der Waals surface area contributed by atoms with E-state index in [4.69, 9.17) is 27.9 Å². The Balaban J connectivity index is 1.75. The quantitative estimate of drug-likeness (QED) is 0.565. The molecule has 1 N–H and O–H groups in total. The summed E-state index contributed by atoms with van der Waals surface area (Å²) in [4.78, 5) is 15.1. The van der Waals surface area contributed by atoms with Gasteiger partial charge in [0.1, 0.15) is 5.75 Å². The van der Waals surface area contributed by atoms with Gasteiger partial charge in [-0.25, -0.2) is 0 Å². The van der Waals surface area contributed by atoms with Crippen molar-refractivity contribution in [1.82, 2.24) is 4.98 Å². The van der Waals surface area contributed by atoms with E-state index in [1.54, 1.807) is 12.1 Å². The average molecular weight is 320 g/mol. The van der Waals surface area contributed by atoms with Crippen molar-refractivity contribution in [3.05, 3.63) is 64.3 Å². The number of rotatable bonds is 3. The zero-order valence-corrected chi connectivity index (χ0v) is 12.4. The number of carbonyl (C=O) groups is 1. The lowest BCUT2D eigenvalue weighted by atomic mass is 10.1. The highest BCUT2D eigenvalue weighted by Crippen LogP contribution is 2.26. The van der Waals surface area contributed by atoms with E-state index in [-0.39, 0.29) is 12.4 Å². The number of benzene rings is 2. The fourth-order valence-electron chi connectivity index (χ4n) is 2.14. The van der Waals surface area contributed by atoms with Gasteiger partial charge in [0.25, 0.3) is 0 Å². The van der Waals surface area contributed by atoms with Crippen LogP contribution >= 0.6 is 23.2 Å². The van der Waals surface area contributed by atoms with E-state index in [0.717, 1.165) is 16.5 Å². The lowest BCUT2D eigenvalue weighted by Gasteiger charge is -2.05. The number of H-pyrrole nitrogens is 1. The number of fused-ring (bicyclic) bond motifs is 1. The van der Waals surface area contributed by atoms with Gasteiger partial charge in [-0.2, -0.15) is 0 Å². The van der Waals surface area contributed by atoms with Crippen LogP contribution in [0.4, 0.5) is 0 Å². The van der Waals surface area contributed by atoms with Crippen molar-refractivity contribution in [2.45, 2.75) is 6.42 Å². The summed E-state index contributed by atoms with van der Waals surface area (Å²) in [6.07, 6.45) is 2.00. The van der Waals surface area contributed by atoms with Gasteiger partial charge in [-0.05, 0) is 23.8 Å². The van der Waals surface area contributed by atoms with Gasteiger partial charge in [-0.1, -0.05) is 41.4 Å². The summed E-state index contributed by atoms with van der Waals surface area (Å²) in [5.74, 6) is 0.0346. The van der Waals surface area contributed by atoms with Crippen molar-refractivity contribution >= 4 is 40.1 Å². The van der Waals surface area contributed by atoms with E-state index in [2.05, 4.69) is 4.98 Å². The minimum atomic E-state index is -0.349. The van der Waals surface area contributed by atoms with Gasteiger partial charge in [0.05, 0.1) is 16.5 Å². The van der Waals surface area contributed by atoms with Crippen molar-refractivity contribution in [2.24, 2.45) is 0 Å². The van der Waals surface area contributed by atoms with Gasteiger partial charge in [0.2, 0.25) is 0 Å². The molecular formula is C16H11Cl2NO2. The van der Waals surface area contributed by atoms with Crippen LogP contribution in [0.2, 0.25) is 10.0 Å². The molecule has 0 atom stereocenters. The van der Waals surface area contributed by atoms with Crippen LogP contribution in [0, 0.1) is 0 Å². The van der Waals surface area contributed by atoms with Crippen LogP contribution in [0.5, 0.6) is 5.75 Å². The van der Waals surface area contributed by atoms with Gasteiger partial charge in [-0.15, -0.1) is 0 Å². The first-order valence-electron chi connectivity index (χ1n) is 6.34. The number of aromatic amines is 1. The lowest BCUT2D eigenvalue weighted by molar-refractivity contribution is -0.133. The van der Waals surface area contributed by atoms with Crippen LogP contribution in [0.1, 0.15) is 5.56 Å². The Morgan fingerprint density at radius 3 is 2.71 bits per heavy atom. The predicted octanol–water partition coefficient (Wildman–Crippen LogP) is 4.62. The maximum Gasteiger partial charge on any atom is 0.315 e. The molecule has 0 unspecified atom stereocenters. The molecule has 0 saturated carbocycles. The van der Waals surface area contributed by atoms with Crippen LogP contribution in [-0.2, 0) is 11.2 Å². The second kappa shape index (κ2) is 5.80. The van der Waals surface area contributed by atoms with Gasteiger partial charge in [0.15, 0.2) is 0 Å². The van der Waals surface area contributed by atoms with Crippen LogP contribution in [0.15, 0.2) is 48.7 Å². The fourth-order valence-corrected chi connectivity index (χ4v) is 2.43. The molecule has 3 rings (SSSR count). The molecule has 5 heteroatoms. The number of aromatic nitrogens is 1. The molecule has 0 saturated heterocycles. The molecule has 3 nitrogen and oxygen atoms in total. The molecule has 0 aliphatic carbocycles. The monoisotopic (exact) mass is 319 g/mol. The van der Waals surface area contributed by atoms with Crippen LogP contribution in [0.25, 0.3) is 10.9 Å². The minimum Gasteiger partial charge on any atom is -0.426 e. The summed E-state index contributed by atoms with van der Waals surface area (Å²) in [6, 6.07) is 12.5. The van der Waals surface area contributed by atoms with Gasteiger partial charge < -0.3 is 9.72 Å². The Morgan fingerprint density at radius 1 is 1.10 bits per heavy atom. The average Bonchev–Trinajstić information content (AvgIpc) is 2.86. The molecular weight excluding hydrogens is 309 g/mol. The third kappa shape index (κ3) is 3.04. The Bertz CT molecular complexity index is 811. The number of carbonyl (C=O) groups excluding carboxylic acids is 1. The molecule has 0 fully saturated rings. The van der Waals surface area contributed by atoms with E-state index in [9.17, 15) is 4.79 Å². The maximum absolute atomic E-state index is 12.0. The standard InChI is InChI=1S/C16H11Cl2NO2/c17-13-6-5-11(8-14(13)18)21-16(20)7-10-9-19-15-4-2-1-3-12(10)15/h1-6,8-9,19H,7H2. The summed E-state index contributed by atoms with van der Waals surface area (Å²) in [5, 5.41) is 1.80. The number of hydrogen-bond acceptors (Lipinski definition) is 2. The van der Waals surface area contributed by atoms with E-state index >= 15 is 0 Å². The summed E-state index contributed by atoms with van der Waals surface area (Å²) in [7, 11) is 0. The van der Waals surface area contributed by atoms with Crippen molar-refractivity contribution < 1.29 is 9.53 Å². The minimum absolute atomic E-state index is 0.185. The first kappa shape index (κ1) is 14.0. The molecule has 3 aromatic rings. The molecule has 2 aromatic carbocycles. The van der Waals surface area contributed by atoms with Crippen molar-refractivity contribution in [1.29, 1.82) is 0 Å². The highest BCUT2D eigenvalue weighted by molar-refractivity contribution is 6.42. The van der Waals surface area contributed by atoms with Crippen LogP contribution in [-0.4, -0.2) is 11.0 Å². The number of hydrogen-bond donors (Lipinski definition) is 1. The molecule has 0 bridgehead atoms. The molecule has 106 valence electrons. The summed E-state index contributed by atoms with van der Waals surface area (Å²) < 4.78 is 5.28. The third-order valence-corrected chi connectivity index (χ3v) is 3.87. The Hall–Kier alpha value is -1.97. The summed E-state index contributed by atoms with van der Waals surface area (Å²) in [6.45, 7) is 0. The van der Waals surface area contributed by atoms with E-state index in [1.807, 2.05) is 30.5 Å². The van der Waals surface area contributed by atoms with Crippen LogP contribution < -0.4 is 4.74 Å². The van der Waals surface area contributed by atoms with E-state index in [1.165, 1.54) is 6.07 Å². The second-order valence-corrected chi connectivity index (χ2v) is 5.40. The van der Waals surface area contributed by atoms with E-state index < -0.39 is 0 Å². The Labute approximate surface area is 131 Å². The van der Waals surface area contributed by atoms with E-state index in [0.29, 0.717) is 15.8 Å². The number of esters is 1. The number of halogens is 2. The maximum atomic E-state index is 12.0. The molecule has 0 amide bonds. The smallest absolute Gasteiger partial charge is 0.315 e. The van der Waals surface area contributed by atoms with Gasteiger partial charge in [0, 0.05) is 23.2 Å². The molecule has 0 aliphatic heterocycles. The molecule has 0 aliphatic rings. The topological polar surface area (TPSA) is 42.1 Å². The number of nitrogens with one attached hydrogen (secondary N) is 1. The third-order valence-electron chi connectivity index (χ3n) is 3.13. The first-order valence-corrected chi connectivity index (χ1v) is 7.10. The van der Waals surface area contributed by atoms with Gasteiger partial charge >= 0.3 is 5.97 Å². The zero-order chi connectivity index (χ0) is 14.8. The SMILES string of the molecule is O=C(Cc1c[nH]c2ccccc12)Oc1ccc(Cl)c(Cl)c1. The highest BCUT2D eigenvalue weighted by Gasteiger charge is 2.11. The predicted molar refractivity (Wildman–Crippen MR) is 84.1 cm³/mol. The van der Waals surface area contributed by atoms with Crippen molar-refractivity contribution in [3.8, 4) is 5.75 Å². The summed E-state index contributed by atoms with van der Waals surface area (Å²) >= 11 is 11.7. The van der Waals surface area contributed by atoms with Crippen molar-refractivity contribution in [3.63, 3.8) is 0 Å². The number of para-hydroxylation sites is 1. The highest BCUT2D eigenvalue weighted by atomic mass is 35.5. The van der Waals surface area contributed by atoms with Crippen molar-refractivity contribution in [2.75, 3.05) is 0 Å².